The second-order valence-electron chi connectivity index (χ2n) is 4.46. The third-order valence-electron chi connectivity index (χ3n) is 2.87. The molecule has 0 aliphatic heterocycles. The number of benzene rings is 2. The Bertz CT molecular complexity index is 730. The van der Waals surface area contributed by atoms with Crippen molar-refractivity contribution in [2.75, 3.05) is 17.1 Å². The van der Waals surface area contributed by atoms with Gasteiger partial charge in [0.2, 0.25) is 0 Å². The number of aliphatic hydroxyl groups excluding tert-OH is 1. The van der Waals surface area contributed by atoms with Crippen molar-refractivity contribution < 1.29 is 13.5 Å². The summed E-state index contributed by atoms with van der Waals surface area (Å²) in [5.41, 5.74) is 7.30. The van der Waals surface area contributed by atoms with Crippen LogP contribution in [-0.2, 0) is 16.4 Å². The molecule has 112 valence electrons. The quantitative estimate of drug-likeness (QED) is 0.704. The van der Waals surface area contributed by atoms with E-state index in [4.69, 9.17) is 10.8 Å². The maximum absolute atomic E-state index is 12.3. The van der Waals surface area contributed by atoms with Crippen molar-refractivity contribution in [2.24, 2.45) is 0 Å². The highest BCUT2D eigenvalue weighted by Gasteiger charge is 2.17. The molecule has 0 bridgehead atoms. The van der Waals surface area contributed by atoms with E-state index in [0.717, 1.165) is 5.56 Å². The standard InChI is InChI=1S/C14H15BrN2O3S/c15-11-3-6-14(13(16)9-11)21(19,20)17-12-4-1-10(2-5-12)7-8-18/h1-6,9,17-18H,7-8,16H2. The van der Waals surface area contributed by atoms with Crippen LogP contribution in [0.15, 0.2) is 51.8 Å². The van der Waals surface area contributed by atoms with Crippen molar-refractivity contribution in [3.05, 3.63) is 52.5 Å². The number of nitrogens with two attached hydrogens (primary N) is 1. The number of aliphatic hydroxyl groups is 1. The van der Waals surface area contributed by atoms with Gasteiger partial charge in [0.05, 0.1) is 5.69 Å². The summed E-state index contributed by atoms with van der Waals surface area (Å²) in [7, 11) is -3.73. The number of sulfonamides is 1. The molecule has 4 N–H and O–H groups in total. The van der Waals surface area contributed by atoms with Crippen LogP contribution < -0.4 is 10.5 Å². The van der Waals surface area contributed by atoms with E-state index in [1.807, 2.05) is 0 Å². The van der Waals surface area contributed by atoms with Crippen LogP contribution in [-0.4, -0.2) is 20.1 Å². The molecule has 0 amide bonds. The molecule has 0 unspecified atom stereocenters. The van der Waals surface area contributed by atoms with E-state index in [1.165, 1.54) is 6.07 Å². The minimum absolute atomic E-state index is 0.0325. The molecule has 0 radical (unpaired) electrons. The lowest BCUT2D eigenvalue weighted by molar-refractivity contribution is 0.299. The molecule has 0 atom stereocenters. The monoisotopic (exact) mass is 370 g/mol. The van der Waals surface area contributed by atoms with E-state index in [1.54, 1.807) is 36.4 Å². The van der Waals surface area contributed by atoms with E-state index < -0.39 is 10.0 Å². The third-order valence-corrected chi connectivity index (χ3v) is 4.82. The van der Waals surface area contributed by atoms with Crippen molar-refractivity contribution in [1.82, 2.24) is 0 Å². The molecule has 7 heteroatoms. The molecule has 0 saturated carbocycles. The zero-order valence-corrected chi connectivity index (χ0v) is 13.5. The molecule has 0 heterocycles. The molecule has 0 saturated heterocycles. The summed E-state index contributed by atoms with van der Waals surface area (Å²) in [5.74, 6) is 0. The van der Waals surface area contributed by atoms with E-state index in [0.29, 0.717) is 16.6 Å². The van der Waals surface area contributed by atoms with Crippen molar-refractivity contribution in [2.45, 2.75) is 11.3 Å². The smallest absolute Gasteiger partial charge is 0.263 e. The highest BCUT2D eigenvalue weighted by Crippen LogP contribution is 2.25. The summed E-state index contributed by atoms with van der Waals surface area (Å²) in [6, 6.07) is 11.4. The molecule has 0 aromatic heterocycles. The largest absolute Gasteiger partial charge is 0.398 e. The summed E-state index contributed by atoms with van der Waals surface area (Å²) in [6.07, 6.45) is 0.534. The number of hydrogen-bond donors (Lipinski definition) is 3. The van der Waals surface area contributed by atoms with E-state index >= 15 is 0 Å². The van der Waals surface area contributed by atoms with Gasteiger partial charge >= 0.3 is 0 Å². The fourth-order valence-corrected chi connectivity index (χ4v) is 3.39. The molecular formula is C14H15BrN2O3S. The van der Waals surface area contributed by atoms with Crippen molar-refractivity contribution in [3.63, 3.8) is 0 Å². The summed E-state index contributed by atoms with van der Waals surface area (Å²) < 4.78 is 27.8. The fraction of sp³-hybridized carbons (Fsp3) is 0.143. The Morgan fingerprint density at radius 3 is 2.38 bits per heavy atom. The minimum Gasteiger partial charge on any atom is -0.398 e. The molecule has 0 fully saturated rings. The third kappa shape index (κ3) is 3.96. The second kappa shape index (κ2) is 6.46. The van der Waals surface area contributed by atoms with Gasteiger partial charge in [-0.3, -0.25) is 4.72 Å². The van der Waals surface area contributed by atoms with Crippen LogP contribution in [0.4, 0.5) is 11.4 Å². The highest BCUT2D eigenvalue weighted by molar-refractivity contribution is 9.10. The number of anilines is 2. The molecule has 0 aliphatic rings. The van der Waals surface area contributed by atoms with E-state index in [9.17, 15) is 8.42 Å². The summed E-state index contributed by atoms with van der Waals surface area (Å²) in [6.45, 7) is 0.0561. The van der Waals surface area contributed by atoms with Crippen molar-refractivity contribution in [1.29, 1.82) is 0 Å². The van der Waals surface area contributed by atoms with Crippen LogP contribution in [0.3, 0.4) is 0 Å². The highest BCUT2D eigenvalue weighted by atomic mass is 79.9. The first-order valence-electron chi connectivity index (χ1n) is 6.20. The van der Waals surface area contributed by atoms with Gasteiger partial charge in [0.25, 0.3) is 10.0 Å². The van der Waals surface area contributed by atoms with Crippen molar-refractivity contribution >= 4 is 37.3 Å². The van der Waals surface area contributed by atoms with Crippen LogP contribution in [0.5, 0.6) is 0 Å². The Labute approximate surface area is 132 Å². The van der Waals surface area contributed by atoms with Gasteiger partial charge in [0, 0.05) is 16.8 Å². The van der Waals surface area contributed by atoms with Gasteiger partial charge in [0.15, 0.2) is 0 Å². The SMILES string of the molecule is Nc1cc(Br)ccc1S(=O)(=O)Nc1ccc(CCO)cc1. The van der Waals surface area contributed by atoms with Gasteiger partial charge in [-0.05, 0) is 42.3 Å². The molecule has 0 spiro atoms. The lowest BCUT2D eigenvalue weighted by Crippen LogP contribution is -2.14. The predicted octanol–water partition coefficient (Wildman–Crippen LogP) is 2.37. The number of rotatable bonds is 5. The molecule has 2 aromatic carbocycles. The molecular weight excluding hydrogens is 356 g/mol. The second-order valence-corrected chi connectivity index (χ2v) is 7.02. The topological polar surface area (TPSA) is 92.4 Å². The molecule has 2 aromatic rings. The Balaban J connectivity index is 2.24. The normalized spacial score (nSPS) is 11.3. The van der Waals surface area contributed by atoms with Gasteiger partial charge < -0.3 is 10.8 Å². The first kappa shape index (κ1) is 15.8. The number of nitrogens with one attached hydrogen (secondary N) is 1. The lowest BCUT2D eigenvalue weighted by atomic mass is 10.1. The summed E-state index contributed by atoms with van der Waals surface area (Å²) in [4.78, 5) is 0.0325. The number of nitrogen functional groups attached to an aromatic ring is 1. The van der Waals surface area contributed by atoms with E-state index in [-0.39, 0.29) is 17.2 Å². The van der Waals surface area contributed by atoms with Crippen LogP contribution in [0, 0.1) is 0 Å². The van der Waals surface area contributed by atoms with Crippen molar-refractivity contribution in [3.8, 4) is 0 Å². The Morgan fingerprint density at radius 1 is 1.14 bits per heavy atom. The average Bonchev–Trinajstić information content (AvgIpc) is 2.40. The van der Waals surface area contributed by atoms with Gasteiger partial charge in [-0.15, -0.1) is 0 Å². The maximum Gasteiger partial charge on any atom is 0.263 e. The first-order chi connectivity index (χ1) is 9.92. The number of hydrogen-bond acceptors (Lipinski definition) is 4. The zero-order chi connectivity index (χ0) is 15.5. The van der Waals surface area contributed by atoms with Gasteiger partial charge in [-0.2, -0.15) is 0 Å². The Kier molecular flexibility index (Phi) is 4.87. The molecule has 2 rings (SSSR count). The predicted molar refractivity (Wildman–Crippen MR) is 86.6 cm³/mol. The maximum atomic E-state index is 12.3. The van der Waals surface area contributed by atoms with Crippen LogP contribution in [0.25, 0.3) is 0 Å². The van der Waals surface area contributed by atoms with Gasteiger partial charge in [-0.25, -0.2) is 8.42 Å². The van der Waals surface area contributed by atoms with Crippen LogP contribution in [0.1, 0.15) is 5.56 Å². The summed E-state index contributed by atoms with van der Waals surface area (Å²) >= 11 is 3.24. The molecule has 5 nitrogen and oxygen atoms in total. The first-order valence-corrected chi connectivity index (χ1v) is 8.47. The van der Waals surface area contributed by atoms with Crippen LogP contribution in [0.2, 0.25) is 0 Å². The molecule has 21 heavy (non-hydrogen) atoms. The Morgan fingerprint density at radius 2 is 1.81 bits per heavy atom. The number of halogens is 1. The minimum atomic E-state index is -3.73. The zero-order valence-electron chi connectivity index (χ0n) is 11.1. The van der Waals surface area contributed by atoms with E-state index in [2.05, 4.69) is 20.7 Å². The molecule has 0 aliphatic carbocycles. The van der Waals surface area contributed by atoms with Gasteiger partial charge in [0.1, 0.15) is 4.90 Å². The van der Waals surface area contributed by atoms with Gasteiger partial charge in [-0.1, -0.05) is 28.1 Å². The summed E-state index contributed by atoms with van der Waals surface area (Å²) in [5, 5.41) is 8.85. The average molecular weight is 371 g/mol. The Hall–Kier alpha value is -1.57. The lowest BCUT2D eigenvalue weighted by Gasteiger charge is -2.11. The fourth-order valence-electron chi connectivity index (χ4n) is 1.84. The van der Waals surface area contributed by atoms with Crippen LogP contribution >= 0.6 is 15.9 Å².